The second-order valence-corrected chi connectivity index (χ2v) is 5.72. The van der Waals surface area contributed by atoms with Crippen molar-refractivity contribution >= 4 is 11.3 Å². The second kappa shape index (κ2) is 8.05. The smallest absolute Gasteiger partial charge is 0.129 e. The molecular weight excluding hydrogens is 282 g/mol. The number of methoxy groups -OCH3 is 1. The summed E-state index contributed by atoms with van der Waals surface area (Å²) in [7, 11) is 1.70. The Kier molecular flexibility index (Phi) is 6.08. The third kappa shape index (κ3) is 4.22. The van der Waals surface area contributed by atoms with E-state index in [1.54, 1.807) is 18.4 Å². The summed E-state index contributed by atoms with van der Waals surface area (Å²) in [5, 5.41) is 5.65. The van der Waals surface area contributed by atoms with Gasteiger partial charge >= 0.3 is 0 Å². The largest absolute Gasteiger partial charge is 0.496 e. The zero-order valence-electron chi connectivity index (χ0n) is 12.9. The summed E-state index contributed by atoms with van der Waals surface area (Å²) in [6.07, 6.45) is 1.10. The van der Waals surface area contributed by atoms with E-state index in [-0.39, 0.29) is 6.04 Å². The van der Waals surface area contributed by atoms with Crippen molar-refractivity contribution in [3.63, 3.8) is 0 Å². The molecule has 0 saturated carbocycles. The molecule has 0 spiro atoms. The average Bonchev–Trinajstić information content (AvgIpc) is 2.97. The van der Waals surface area contributed by atoms with E-state index >= 15 is 0 Å². The van der Waals surface area contributed by atoms with Crippen LogP contribution in [0.3, 0.4) is 0 Å². The van der Waals surface area contributed by atoms with E-state index in [1.165, 1.54) is 10.4 Å². The summed E-state index contributed by atoms with van der Waals surface area (Å²) in [6.45, 7) is 5.84. The van der Waals surface area contributed by atoms with Gasteiger partial charge in [-0.05, 0) is 43.7 Å². The highest BCUT2D eigenvalue weighted by Gasteiger charge is 2.16. The summed E-state index contributed by atoms with van der Waals surface area (Å²) in [5.41, 5.74) is 1.22. The lowest BCUT2D eigenvalue weighted by Gasteiger charge is -2.18. The van der Waals surface area contributed by atoms with E-state index in [2.05, 4.69) is 30.4 Å². The van der Waals surface area contributed by atoms with Crippen molar-refractivity contribution in [3.8, 4) is 11.5 Å². The molecule has 2 rings (SSSR count). The number of hydrogen-bond donors (Lipinski definition) is 1. The molecule has 2 aromatic rings. The van der Waals surface area contributed by atoms with Crippen LogP contribution in [0, 0.1) is 0 Å². The Morgan fingerprint density at radius 3 is 2.71 bits per heavy atom. The summed E-state index contributed by atoms with van der Waals surface area (Å²) in [4.78, 5) is 1.26. The normalized spacial score (nSPS) is 12.1. The lowest BCUT2D eigenvalue weighted by Crippen LogP contribution is -2.22. The minimum absolute atomic E-state index is 0.180. The van der Waals surface area contributed by atoms with Crippen LogP contribution < -0.4 is 14.8 Å². The van der Waals surface area contributed by atoms with Crippen LogP contribution in [-0.2, 0) is 0 Å². The van der Waals surface area contributed by atoms with Gasteiger partial charge in [0.25, 0.3) is 0 Å². The molecule has 0 radical (unpaired) electrons. The van der Waals surface area contributed by atoms with Crippen LogP contribution in [-0.4, -0.2) is 20.3 Å². The van der Waals surface area contributed by atoms with Gasteiger partial charge < -0.3 is 14.8 Å². The van der Waals surface area contributed by atoms with Gasteiger partial charge in [-0.15, -0.1) is 11.3 Å². The topological polar surface area (TPSA) is 30.5 Å². The molecule has 1 heterocycles. The fraction of sp³-hybridized carbons (Fsp3) is 0.412. The van der Waals surface area contributed by atoms with E-state index in [4.69, 9.17) is 9.47 Å². The standard InChI is InChI=1S/C17H23NO2S/c1-4-9-18-17(16-11-15(19-3)12-21-16)13-7-6-8-14(10-13)20-5-2/h6-8,10-12,17-18H,4-5,9H2,1-3H3. The Balaban J connectivity index is 2.28. The number of thiophene rings is 1. The zero-order valence-corrected chi connectivity index (χ0v) is 13.7. The Bertz CT molecular complexity index is 553. The first-order valence-corrected chi connectivity index (χ1v) is 8.25. The molecule has 1 aromatic carbocycles. The SMILES string of the molecule is CCCNC(c1cccc(OCC)c1)c1cc(OC)cs1. The van der Waals surface area contributed by atoms with Crippen LogP contribution in [0.15, 0.2) is 35.7 Å². The van der Waals surface area contributed by atoms with Crippen molar-refractivity contribution in [3.05, 3.63) is 46.2 Å². The minimum atomic E-state index is 0.180. The highest BCUT2D eigenvalue weighted by atomic mass is 32.1. The van der Waals surface area contributed by atoms with Crippen LogP contribution >= 0.6 is 11.3 Å². The van der Waals surface area contributed by atoms with E-state index in [9.17, 15) is 0 Å². The van der Waals surface area contributed by atoms with Crippen molar-refractivity contribution in [2.24, 2.45) is 0 Å². The Labute approximate surface area is 130 Å². The highest BCUT2D eigenvalue weighted by Crippen LogP contribution is 2.32. The average molecular weight is 305 g/mol. The Morgan fingerprint density at radius 2 is 2.05 bits per heavy atom. The van der Waals surface area contributed by atoms with E-state index < -0.39 is 0 Å². The first-order valence-electron chi connectivity index (χ1n) is 7.37. The molecule has 0 aliphatic rings. The van der Waals surface area contributed by atoms with Crippen molar-refractivity contribution in [1.29, 1.82) is 0 Å². The molecular formula is C17H23NO2S. The minimum Gasteiger partial charge on any atom is -0.496 e. The van der Waals surface area contributed by atoms with Crippen molar-refractivity contribution in [2.45, 2.75) is 26.3 Å². The molecule has 1 unspecified atom stereocenters. The molecule has 1 atom stereocenters. The molecule has 4 heteroatoms. The Morgan fingerprint density at radius 1 is 1.19 bits per heavy atom. The third-order valence-corrected chi connectivity index (χ3v) is 4.19. The van der Waals surface area contributed by atoms with Crippen molar-refractivity contribution < 1.29 is 9.47 Å². The quantitative estimate of drug-likeness (QED) is 0.791. The maximum absolute atomic E-state index is 5.61. The fourth-order valence-corrected chi connectivity index (χ4v) is 3.17. The summed E-state index contributed by atoms with van der Waals surface area (Å²) >= 11 is 1.72. The fourth-order valence-electron chi connectivity index (χ4n) is 2.21. The second-order valence-electron chi connectivity index (χ2n) is 4.78. The molecule has 114 valence electrons. The van der Waals surface area contributed by atoms with Crippen LogP contribution in [0.25, 0.3) is 0 Å². The maximum Gasteiger partial charge on any atom is 0.129 e. The van der Waals surface area contributed by atoms with Crippen molar-refractivity contribution in [1.82, 2.24) is 5.32 Å². The predicted octanol–water partition coefficient (Wildman–Crippen LogP) is 4.24. The number of ether oxygens (including phenoxy) is 2. The van der Waals surface area contributed by atoms with Gasteiger partial charge in [-0.1, -0.05) is 19.1 Å². The van der Waals surface area contributed by atoms with Crippen LogP contribution in [0.4, 0.5) is 0 Å². The molecule has 0 aliphatic heterocycles. The van der Waals surface area contributed by atoms with Gasteiger partial charge in [0.15, 0.2) is 0 Å². The number of nitrogens with one attached hydrogen (secondary N) is 1. The zero-order chi connectivity index (χ0) is 15.1. The first-order chi connectivity index (χ1) is 10.3. The van der Waals surface area contributed by atoms with Gasteiger partial charge in [0.05, 0.1) is 19.8 Å². The molecule has 21 heavy (non-hydrogen) atoms. The lowest BCUT2D eigenvalue weighted by atomic mass is 10.0. The van der Waals surface area contributed by atoms with Crippen LogP contribution in [0.2, 0.25) is 0 Å². The van der Waals surface area contributed by atoms with Gasteiger partial charge in [-0.3, -0.25) is 0 Å². The van der Waals surface area contributed by atoms with Crippen molar-refractivity contribution in [2.75, 3.05) is 20.3 Å². The molecule has 0 fully saturated rings. The van der Waals surface area contributed by atoms with Gasteiger partial charge in [0.2, 0.25) is 0 Å². The molecule has 1 aromatic heterocycles. The maximum atomic E-state index is 5.61. The molecule has 3 nitrogen and oxygen atoms in total. The first kappa shape index (κ1) is 15.9. The van der Waals surface area contributed by atoms with Gasteiger partial charge in [0, 0.05) is 10.3 Å². The van der Waals surface area contributed by atoms with E-state index in [0.29, 0.717) is 6.61 Å². The van der Waals surface area contributed by atoms with E-state index in [1.807, 2.05) is 24.4 Å². The number of benzene rings is 1. The number of rotatable bonds is 8. The van der Waals surface area contributed by atoms with Gasteiger partial charge in [-0.25, -0.2) is 0 Å². The van der Waals surface area contributed by atoms with Gasteiger partial charge in [-0.2, -0.15) is 0 Å². The third-order valence-electron chi connectivity index (χ3n) is 3.22. The highest BCUT2D eigenvalue weighted by molar-refractivity contribution is 7.10. The predicted molar refractivity (Wildman–Crippen MR) is 88.6 cm³/mol. The molecule has 0 bridgehead atoms. The number of hydrogen-bond acceptors (Lipinski definition) is 4. The lowest BCUT2D eigenvalue weighted by molar-refractivity contribution is 0.339. The Hall–Kier alpha value is -1.52. The molecule has 0 amide bonds. The molecule has 0 saturated heterocycles. The van der Waals surface area contributed by atoms with Crippen LogP contribution in [0.1, 0.15) is 36.8 Å². The summed E-state index contributed by atoms with van der Waals surface area (Å²) in [6, 6.07) is 10.6. The van der Waals surface area contributed by atoms with Crippen LogP contribution in [0.5, 0.6) is 11.5 Å². The molecule has 0 aliphatic carbocycles. The van der Waals surface area contributed by atoms with E-state index in [0.717, 1.165) is 24.5 Å². The molecule has 1 N–H and O–H groups in total. The van der Waals surface area contributed by atoms with Gasteiger partial charge in [0.1, 0.15) is 11.5 Å². The monoisotopic (exact) mass is 305 g/mol. The summed E-state index contributed by atoms with van der Waals surface area (Å²) in [5.74, 6) is 1.83. The summed E-state index contributed by atoms with van der Waals surface area (Å²) < 4.78 is 10.9.